The molecule has 0 aliphatic carbocycles. The maximum absolute atomic E-state index is 6.75. The van der Waals surface area contributed by atoms with Crippen LogP contribution < -0.4 is 0 Å². The summed E-state index contributed by atoms with van der Waals surface area (Å²) in [7, 11) is -4.24. The molecule has 0 aromatic carbocycles. The minimum Gasteiger partial charge on any atom is -0.415 e. The van der Waals surface area contributed by atoms with Crippen molar-refractivity contribution in [3.05, 3.63) is 0 Å². The lowest BCUT2D eigenvalue weighted by molar-refractivity contribution is 0.118. The van der Waals surface area contributed by atoms with Gasteiger partial charge >= 0.3 is 0 Å². The molecule has 0 bridgehead atoms. The van der Waals surface area contributed by atoms with E-state index in [1.807, 2.05) is 0 Å². The molecular formula is C16H40O2Si3. The fourth-order valence-electron chi connectivity index (χ4n) is 2.73. The van der Waals surface area contributed by atoms with Crippen LogP contribution in [-0.4, -0.2) is 36.4 Å². The lowest BCUT2D eigenvalue weighted by Gasteiger charge is -2.46. The molecule has 0 rings (SSSR count). The van der Waals surface area contributed by atoms with Gasteiger partial charge in [0.2, 0.25) is 8.32 Å². The highest BCUT2D eigenvalue weighted by Crippen LogP contribution is 2.33. The number of hydrogen-bond donors (Lipinski definition) is 0. The second-order valence-electron chi connectivity index (χ2n) is 8.11. The Kier molecular flexibility index (Phi) is 8.66. The molecule has 0 fully saturated rings. The fourth-order valence-corrected chi connectivity index (χ4v) is 11.6. The Morgan fingerprint density at radius 1 is 1.10 bits per heavy atom. The van der Waals surface area contributed by atoms with E-state index in [0.29, 0.717) is 5.73 Å². The van der Waals surface area contributed by atoms with Gasteiger partial charge in [-0.25, -0.2) is 0 Å². The van der Waals surface area contributed by atoms with Crippen molar-refractivity contribution in [2.24, 2.45) is 0 Å². The third kappa shape index (κ3) is 6.29. The minimum absolute atomic E-state index is 0.0448. The van der Waals surface area contributed by atoms with E-state index in [0.717, 1.165) is 6.42 Å². The van der Waals surface area contributed by atoms with Crippen molar-refractivity contribution in [2.75, 3.05) is 0 Å². The van der Waals surface area contributed by atoms with Crippen LogP contribution in [0.1, 0.15) is 47.0 Å². The first-order valence-corrected chi connectivity index (χ1v) is 17.7. The van der Waals surface area contributed by atoms with Crippen LogP contribution in [0.4, 0.5) is 0 Å². The third-order valence-corrected chi connectivity index (χ3v) is 14.6. The van der Waals surface area contributed by atoms with Crippen LogP contribution in [0.5, 0.6) is 0 Å². The molecule has 0 amide bonds. The van der Waals surface area contributed by atoms with Gasteiger partial charge in [0, 0.05) is 5.73 Å². The molecule has 0 aromatic heterocycles. The van der Waals surface area contributed by atoms with Crippen molar-refractivity contribution in [3.8, 4) is 0 Å². The van der Waals surface area contributed by atoms with Crippen LogP contribution in [0.25, 0.3) is 0 Å². The van der Waals surface area contributed by atoms with Crippen LogP contribution >= 0.6 is 0 Å². The van der Waals surface area contributed by atoms with Gasteiger partial charge in [0.15, 0.2) is 9.04 Å². The highest BCUT2D eigenvalue weighted by atomic mass is 28.4. The summed E-state index contributed by atoms with van der Waals surface area (Å²) in [5.41, 5.74) is 0.425. The Hall–Kier alpha value is 0.571. The molecular weight excluding hydrogens is 308 g/mol. The summed E-state index contributed by atoms with van der Waals surface area (Å²) < 4.78 is 13.2. The lowest BCUT2D eigenvalue weighted by atomic mass is 10.3. The summed E-state index contributed by atoms with van der Waals surface area (Å²) in [6.45, 7) is 23.4. The summed E-state index contributed by atoms with van der Waals surface area (Å²) >= 11 is 0. The van der Waals surface area contributed by atoms with Gasteiger partial charge in [-0.2, -0.15) is 0 Å². The zero-order chi connectivity index (χ0) is 16.9. The van der Waals surface area contributed by atoms with Crippen LogP contribution in [0.2, 0.25) is 45.3 Å². The van der Waals surface area contributed by atoms with Crippen molar-refractivity contribution < 1.29 is 8.85 Å². The van der Waals surface area contributed by atoms with Gasteiger partial charge < -0.3 is 8.85 Å². The summed E-state index contributed by atoms with van der Waals surface area (Å²) in [4.78, 5) is 0. The molecule has 5 heteroatoms. The fraction of sp³-hybridized carbons (Fsp3) is 1.00. The number of hydrogen-bond acceptors (Lipinski definition) is 2. The zero-order valence-electron chi connectivity index (χ0n) is 16.3. The second kappa shape index (κ2) is 8.43. The van der Waals surface area contributed by atoms with E-state index in [1.54, 1.807) is 0 Å². The van der Waals surface area contributed by atoms with E-state index in [1.165, 1.54) is 18.9 Å². The van der Waals surface area contributed by atoms with E-state index in [-0.39, 0.29) is 5.22 Å². The van der Waals surface area contributed by atoms with Gasteiger partial charge in [-0.1, -0.05) is 45.8 Å². The van der Waals surface area contributed by atoms with Gasteiger partial charge in [-0.3, -0.25) is 0 Å². The summed E-state index contributed by atoms with van der Waals surface area (Å²) in [5, 5.41) is -0.0448. The second-order valence-corrected chi connectivity index (χ2v) is 20.1. The lowest BCUT2D eigenvalue weighted by Crippen LogP contribution is -2.61. The first kappa shape index (κ1) is 21.6. The Balaban J connectivity index is 4.99. The molecule has 0 saturated heterocycles. The first-order valence-electron chi connectivity index (χ1n) is 8.77. The molecule has 0 spiro atoms. The first-order chi connectivity index (χ1) is 9.42. The van der Waals surface area contributed by atoms with Crippen molar-refractivity contribution in [2.45, 2.75) is 103 Å². The molecule has 0 heterocycles. The molecule has 0 aliphatic rings. The predicted octanol–water partition coefficient (Wildman–Crippen LogP) is 5.35. The maximum Gasteiger partial charge on any atom is 0.216 e. The van der Waals surface area contributed by atoms with E-state index in [2.05, 4.69) is 67.0 Å². The summed E-state index contributed by atoms with van der Waals surface area (Å²) in [6.07, 6.45) is 3.69. The molecule has 0 aromatic rings. The van der Waals surface area contributed by atoms with Gasteiger partial charge in [-0.05, 0) is 46.5 Å². The molecule has 21 heavy (non-hydrogen) atoms. The normalized spacial score (nSPS) is 17.9. The minimum atomic E-state index is -1.88. The molecule has 0 N–H and O–H groups in total. The van der Waals surface area contributed by atoms with Gasteiger partial charge in [0.05, 0.1) is 13.3 Å². The molecule has 2 unspecified atom stereocenters. The van der Waals surface area contributed by atoms with E-state index >= 15 is 0 Å². The van der Waals surface area contributed by atoms with Gasteiger partial charge in [0.1, 0.15) is 0 Å². The summed E-state index contributed by atoms with van der Waals surface area (Å²) in [6, 6.07) is 1.37. The molecule has 0 aliphatic heterocycles. The topological polar surface area (TPSA) is 18.5 Å². The van der Waals surface area contributed by atoms with E-state index in [9.17, 15) is 0 Å². The van der Waals surface area contributed by atoms with Crippen LogP contribution in [-0.2, 0) is 8.85 Å². The number of rotatable bonds is 10. The standard InChI is InChI=1S/C16H40O2Si3/c1-11-13-14-20(7,8)15(3)17-21(9,10)16(4,12-2)18-19(5)6/h15,19H,11-14H2,1-10H3. The zero-order valence-corrected chi connectivity index (χ0v) is 19.5. The number of unbranched alkanes of at least 4 members (excludes halogenated alkanes) is 1. The average molecular weight is 349 g/mol. The van der Waals surface area contributed by atoms with Crippen molar-refractivity contribution >= 4 is 25.4 Å². The van der Waals surface area contributed by atoms with E-state index < -0.39 is 25.4 Å². The third-order valence-electron chi connectivity index (χ3n) is 5.19. The maximum atomic E-state index is 6.75. The molecule has 0 saturated carbocycles. The highest BCUT2D eigenvalue weighted by Gasteiger charge is 2.47. The SMILES string of the molecule is CCCC[Si](C)(C)C(C)O[Si](C)(C)C(C)(CC)O[SiH](C)C. The average Bonchev–Trinajstić information content (AvgIpc) is 2.34. The molecule has 2 atom stereocenters. The molecule has 0 radical (unpaired) electrons. The largest absolute Gasteiger partial charge is 0.415 e. The predicted molar refractivity (Wildman–Crippen MR) is 104 cm³/mol. The van der Waals surface area contributed by atoms with Gasteiger partial charge in [0.25, 0.3) is 0 Å². The summed E-state index contributed by atoms with van der Waals surface area (Å²) in [5.74, 6) is 0. The quantitative estimate of drug-likeness (QED) is 0.495. The Morgan fingerprint density at radius 3 is 2.00 bits per heavy atom. The monoisotopic (exact) mass is 348 g/mol. The Labute approximate surface area is 137 Å². The Morgan fingerprint density at radius 2 is 1.62 bits per heavy atom. The van der Waals surface area contributed by atoms with Crippen LogP contribution in [0.15, 0.2) is 0 Å². The molecule has 2 nitrogen and oxygen atoms in total. The van der Waals surface area contributed by atoms with Crippen molar-refractivity contribution in [1.29, 1.82) is 0 Å². The highest BCUT2D eigenvalue weighted by molar-refractivity contribution is 6.81. The van der Waals surface area contributed by atoms with Crippen molar-refractivity contribution in [1.82, 2.24) is 0 Å². The molecule has 128 valence electrons. The smallest absolute Gasteiger partial charge is 0.216 e. The Bertz CT molecular complexity index is 306. The van der Waals surface area contributed by atoms with Crippen LogP contribution in [0, 0.1) is 0 Å². The van der Waals surface area contributed by atoms with E-state index in [4.69, 9.17) is 8.85 Å². The van der Waals surface area contributed by atoms with Crippen molar-refractivity contribution in [3.63, 3.8) is 0 Å². The van der Waals surface area contributed by atoms with Gasteiger partial charge in [-0.15, -0.1) is 0 Å². The van der Waals surface area contributed by atoms with Crippen LogP contribution in [0.3, 0.4) is 0 Å².